The zero-order chi connectivity index (χ0) is 18.2. The first-order valence-electron chi connectivity index (χ1n) is 5.94. The van der Waals surface area contributed by atoms with Crippen molar-refractivity contribution in [3.63, 3.8) is 0 Å². The van der Waals surface area contributed by atoms with Crippen LogP contribution in [0, 0.1) is 27.3 Å². The van der Waals surface area contributed by atoms with Crippen LogP contribution >= 0.6 is 11.6 Å². The van der Waals surface area contributed by atoms with E-state index in [2.05, 4.69) is 0 Å². The molecular formula is C13H6ClFN2O6S. The van der Waals surface area contributed by atoms with Crippen LogP contribution < -0.4 is 0 Å². The fourth-order valence-electron chi connectivity index (χ4n) is 1.91. The highest BCUT2D eigenvalue weighted by atomic mass is 35.5. The number of hydrogen-bond donors (Lipinski definition) is 2. The van der Waals surface area contributed by atoms with E-state index in [-0.39, 0.29) is 5.02 Å². The lowest BCUT2D eigenvalue weighted by Gasteiger charge is -2.09. The van der Waals surface area contributed by atoms with Crippen LogP contribution in [0.5, 0.6) is 11.5 Å². The molecule has 2 N–H and O–H groups in total. The van der Waals surface area contributed by atoms with Gasteiger partial charge in [0.15, 0.2) is 5.75 Å². The first-order valence-corrected chi connectivity index (χ1v) is 7.80. The lowest BCUT2D eigenvalue weighted by molar-refractivity contribution is -0.386. The summed E-state index contributed by atoms with van der Waals surface area (Å²) >= 11 is 5.56. The molecule has 0 aliphatic heterocycles. The van der Waals surface area contributed by atoms with Gasteiger partial charge in [0.1, 0.15) is 16.8 Å². The quantitative estimate of drug-likeness (QED) is 0.478. The summed E-state index contributed by atoms with van der Waals surface area (Å²) in [4.78, 5) is 7.77. The van der Waals surface area contributed by atoms with Crippen molar-refractivity contribution < 1.29 is 27.9 Å². The zero-order valence-corrected chi connectivity index (χ0v) is 13.0. The summed E-state index contributed by atoms with van der Waals surface area (Å²) in [5.74, 6) is -3.57. The van der Waals surface area contributed by atoms with Crippen molar-refractivity contribution in [3.8, 4) is 17.6 Å². The highest BCUT2D eigenvalue weighted by Gasteiger charge is 2.30. The van der Waals surface area contributed by atoms with Crippen molar-refractivity contribution in [1.29, 1.82) is 5.26 Å². The number of phenolic OH excluding ortho intramolecular Hbond substituents is 2. The minimum atomic E-state index is -4.76. The van der Waals surface area contributed by atoms with Gasteiger partial charge in [0.05, 0.1) is 15.4 Å². The van der Waals surface area contributed by atoms with Crippen molar-refractivity contribution in [1.82, 2.24) is 0 Å². The second kappa shape index (κ2) is 5.95. The number of hydrogen-bond acceptors (Lipinski definition) is 7. The normalized spacial score (nSPS) is 11.0. The average molecular weight is 373 g/mol. The maximum atomic E-state index is 14.1. The maximum Gasteiger partial charge on any atom is 0.315 e. The summed E-state index contributed by atoms with van der Waals surface area (Å²) < 4.78 is 39.1. The Labute approximate surface area is 139 Å². The van der Waals surface area contributed by atoms with Crippen LogP contribution in [-0.2, 0) is 9.84 Å². The van der Waals surface area contributed by atoms with E-state index in [4.69, 9.17) is 16.9 Å². The number of phenols is 2. The lowest BCUT2D eigenvalue weighted by Crippen LogP contribution is -2.08. The fourth-order valence-corrected chi connectivity index (χ4v) is 3.59. The number of nitrogens with zero attached hydrogens (tertiary/aromatic N) is 2. The number of nitro benzene ring substituents is 1. The summed E-state index contributed by atoms with van der Waals surface area (Å²) in [6, 6.07) is 3.98. The number of halogens is 2. The predicted molar refractivity (Wildman–Crippen MR) is 78.0 cm³/mol. The Hall–Kier alpha value is -2.90. The van der Waals surface area contributed by atoms with Crippen molar-refractivity contribution in [3.05, 3.63) is 50.8 Å². The van der Waals surface area contributed by atoms with Gasteiger partial charge in [-0.15, -0.1) is 0 Å². The summed E-state index contributed by atoms with van der Waals surface area (Å²) in [7, 11) is -4.76. The standard InChI is InChI=1S/C13H6ClFN2O6S/c14-7-1-6(5-16)13(9(15)2-7)24(22,23)8-3-10(17(20)21)12(19)11(18)4-8/h1-4,18-19H. The van der Waals surface area contributed by atoms with Gasteiger partial charge in [-0.2, -0.15) is 5.26 Å². The second-order valence-corrected chi connectivity index (χ2v) is 6.77. The molecule has 0 atom stereocenters. The van der Waals surface area contributed by atoms with Crippen LogP contribution in [0.3, 0.4) is 0 Å². The van der Waals surface area contributed by atoms with Gasteiger partial charge in [-0.3, -0.25) is 10.1 Å². The molecule has 0 unspecified atom stereocenters. The Morgan fingerprint density at radius 2 is 1.88 bits per heavy atom. The highest BCUT2D eigenvalue weighted by Crippen LogP contribution is 2.39. The van der Waals surface area contributed by atoms with Crippen molar-refractivity contribution in [2.75, 3.05) is 0 Å². The van der Waals surface area contributed by atoms with E-state index in [1.807, 2.05) is 0 Å². The van der Waals surface area contributed by atoms with Crippen LogP contribution in [0.2, 0.25) is 5.02 Å². The van der Waals surface area contributed by atoms with Crippen LogP contribution in [0.25, 0.3) is 0 Å². The molecule has 2 aromatic rings. The maximum absolute atomic E-state index is 14.1. The lowest BCUT2D eigenvalue weighted by atomic mass is 10.2. The number of aromatic hydroxyl groups is 2. The summed E-state index contributed by atoms with van der Waals surface area (Å²) in [5.41, 5.74) is -1.71. The number of benzene rings is 2. The highest BCUT2D eigenvalue weighted by molar-refractivity contribution is 7.91. The van der Waals surface area contributed by atoms with E-state index in [0.717, 1.165) is 6.07 Å². The molecule has 0 amide bonds. The topological polar surface area (TPSA) is 142 Å². The van der Waals surface area contributed by atoms with E-state index in [9.17, 15) is 33.1 Å². The van der Waals surface area contributed by atoms with Crippen molar-refractivity contribution in [2.45, 2.75) is 9.79 Å². The van der Waals surface area contributed by atoms with Gasteiger partial charge in [0, 0.05) is 17.2 Å². The second-order valence-electron chi connectivity index (χ2n) is 4.45. The molecule has 2 aromatic carbocycles. The largest absolute Gasteiger partial charge is 0.504 e. The molecule has 0 radical (unpaired) electrons. The first-order chi connectivity index (χ1) is 11.1. The molecule has 8 nitrogen and oxygen atoms in total. The average Bonchev–Trinajstić information content (AvgIpc) is 2.47. The molecule has 11 heteroatoms. The molecule has 0 fully saturated rings. The molecule has 0 saturated heterocycles. The van der Waals surface area contributed by atoms with Crippen LogP contribution in [0.15, 0.2) is 34.1 Å². The van der Waals surface area contributed by atoms with E-state index < -0.39 is 53.1 Å². The molecule has 0 saturated carbocycles. The van der Waals surface area contributed by atoms with Crippen molar-refractivity contribution in [2.24, 2.45) is 0 Å². The van der Waals surface area contributed by atoms with Gasteiger partial charge in [-0.05, 0) is 12.1 Å². The predicted octanol–water partition coefficient (Wildman–Crippen LogP) is 2.50. The SMILES string of the molecule is N#Cc1cc(Cl)cc(F)c1S(=O)(=O)c1cc(O)c(O)c([N+](=O)[O-])c1. The Morgan fingerprint density at radius 1 is 1.25 bits per heavy atom. The monoisotopic (exact) mass is 372 g/mol. The molecule has 0 aliphatic carbocycles. The summed E-state index contributed by atoms with van der Waals surface area (Å²) in [5, 5.41) is 38.5. The number of rotatable bonds is 3. The Kier molecular flexibility index (Phi) is 4.33. The first kappa shape index (κ1) is 17.5. The Morgan fingerprint density at radius 3 is 2.42 bits per heavy atom. The van der Waals surface area contributed by atoms with Gasteiger partial charge < -0.3 is 10.2 Å². The summed E-state index contributed by atoms with van der Waals surface area (Å²) in [6.45, 7) is 0. The third-order valence-electron chi connectivity index (χ3n) is 2.95. The fraction of sp³-hybridized carbons (Fsp3) is 0. The molecule has 0 aliphatic rings. The molecule has 0 bridgehead atoms. The van der Waals surface area contributed by atoms with Gasteiger partial charge in [-0.25, -0.2) is 12.8 Å². The van der Waals surface area contributed by atoms with Gasteiger partial charge in [0.25, 0.3) is 0 Å². The number of nitro groups is 1. The minimum absolute atomic E-state index is 0.220. The van der Waals surface area contributed by atoms with E-state index >= 15 is 0 Å². The van der Waals surface area contributed by atoms with Crippen LogP contribution in [0.4, 0.5) is 10.1 Å². The molecule has 0 aromatic heterocycles. The molecule has 0 spiro atoms. The number of nitriles is 1. The van der Waals surface area contributed by atoms with E-state index in [1.54, 1.807) is 0 Å². The minimum Gasteiger partial charge on any atom is -0.504 e. The molecule has 0 heterocycles. The van der Waals surface area contributed by atoms with Crippen molar-refractivity contribution >= 4 is 27.1 Å². The third kappa shape index (κ3) is 2.82. The van der Waals surface area contributed by atoms with E-state index in [0.29, 0.717) is 18.2 Å². The summed E-state index contributed by atoms with van der Waals surface area (Å²) in [6.07, 6.45) is 0. The number of sulfone groups is 1. The smallest absolute Gasteiger partial charge is 0.315 e. The molecule has 2 rings (SSSR count). The Bertz CT molecular complexity index is 1020. The van der Waals surface area contributed by atoms with Crippen LogP contribution in [-0.4, -0.2) is 23.6 Å². The van der Waals surface area contributed by atoms with Gasteiger partial charge in [-0.1, -0.05) is 11.6 Å². The molecule has 24 heavy (non-hydrogen) atoms. The molecular weight excluding hydrogens is 367 g/mol. The van der Waals surface area contributed by atoms with Gasteiger partial charge in [0.2, 0.25) is 15.6 Å². The Balaban J connectivity index is 2.84. The third-order valence-corrected chi connectivity index (χ3v) is 4.97. The van der Waals surface area contributed by atoms with E-state index in [1.165, 1.54) is 6.07 Å². The van der Waals surface area contributed by atoms with Crippen LogP contribution in [0.1, 0.15) is 5.56 Å². The molecule has 124 valence electrons. The zero-order valence-electron chi connectivity index (χ0n) is 11.4. The van der Waals surface area contributed by atoms with Gasteiger partial charge >= 0.3 is 5.69 Å².